The third-order valence-corrected chi connectivity index (χ3v) is 2.08. The Labute approximate surface area is 90.2 Å². The van der Waals surface area contributed by atoms with Crippen molar-refractivity contribution in [3.8, 4) is 6.07 Å². The first kappa shape index (κ1) is 11.1. The number of nitrogens with one attached hydrogen (secondary N) is 1. The van der Waals surface area contributed by atoms with Gasteiger partial charge in [0.25, 0.3) is 0 Å². The summed E-state index contributed by atoms with van der Waals surface area (Å²) in [5, 5.41) is 11.8. The zero-order valence-corrected chi connectivity index (χ0v) is 8.99. The summed E-state index contributed by atoms with van der Waals surface area (Å²) in [5.41, 5.74) is 8.19. The molecule has 0 fully saturated rings. The molecule has 78 valence electrons. The lowest BCUT2D eigenvalue weighted by atomic mass is 10.1. The molecule has 0 aliphatic rings. The van der Waals surface area contributed by atoms with Gasteiger partial charge >= 0.3 is 0 Å². The van der Waals surface area contributed by atoms with Crippen molar-refractivity contribution < 1.29 is 0 Å². The second kappa shape index (κ2) is 5.06. The standard InChI is InChI=1S/C12H15N3/c1-9(2)11(7-8-13)15-12-6-4-3-5-10(12)14/h3-7,9,15H,14H2,1-2H3/b11-7+. The number of anilines is 2. The van der Waals surface area contributed by atoms with Crippen LogP contribution in [0.4, 0.5) is 11.4 Å². The van der Waals surface area contributed by atoms with E-state index in [1.807, 2.05) is 44.2 Å². The normalized spacial score (nSPS) is 11.2. The molecule has 3 nitrogen and oxygen atoms in total. The zero-order chi connectivity index (χ0) is 11.3. The summed E-state index contributed by atoms with van der Waals surface area (Å²) in [4.78, 5) is 0. The van der Waals surface area contributed by atoms with Gasteiger partial charge in [-0.1, -0.05) is 26.0 Å². The maximum atomic E-state index is 8.64. The lowest BCUT2D eigenvalue weighted by Gasteiger charge is -2.14. The minimum atomic E-state index is 0.268. The van der Waals surface area contributed by atoms with Crippen LogP contribution in [0.5, 0.6) is 0 Å². The first-order valence-electron chi connectivity index (χ1n) is 4.86. The summed E-state index contributed by atoms with van der Waals surface area (Å²) in [6.07, 6.45) is 1.51. The Morgan fingerprint density at radius 3 is 2.67 bits per heavy atom. The fourth-order valence-electron chi connectivity index (χ4n) is 1.18. The highest BCUT2D eigenvalue weighted by molar-refractivity contribution is 5.68. The molecule has 0 amide bonds. The average molecular weight is 201 g/mol. The summed E-state index contributed by atoms with van der Waals surface area (Å²) >= 11 is 0. The SMILES string of the molecule is CC(C)/C(=C\C#N)Nc1ccccc1N. The summed E-state index contributed by atoms with van der Waals surface area (Å²) in [6.45, 7) is 4.05. The van der Waals surface area contributed by atoms with Crippen LogP contribution >= 0.6 is 0 Å². The van der Waals surface area contributed by atoms with Crippen LogP contribution in [0.25, 0.3) is 0 Å². The molecule has 1 aromatic carbocycles. The van der Waals surface area contributed by atoms with Gasteiger partial charge in [0.05, 0.1) is 17.4 Å². The molecule has 0 aromatic heterocycles. The molecule has 0 heterocycles. The van der Waals surface area contributed by atoms with Crippen LogP contribution in [0.1, 0.15) is 13.8 Å². The van der Waals surface area contributed by atoms with Crippen molar-refractivity contribution in [3.63, 3.8) is 0 Å². The number of benzene rings is 1. The monoisotopic (exact) mass is 201 g/mol. The minimum absolute atomic E-state index is 0.268. The van der Waals surface area contributed by atoms with Crippen LogP contribution in [0.2, 0.25) is 0 Å². The summed E-state index contributed by atoms with van der Waals surface area (Å²) < 4.78 is 0. The quantitative estimate of drug-likeness (QED) is 0.584. The fourth-order valence-corrected chi connectivity index (χ4v) is 1.18. The van der Waals surface area contributed by atoms with Crippen LogP contribution in [0.3, 0.4) is 0 Å². The molecule has 0 unspecified atom stereocenters. The van der Waals surface area contributed by atoms with Gasteiger partial charge in [-0.05, 0) is 18.1 Å². The molecule has 0 bridgehead atoms. The van der Waals surface area contributed by atoms with Crippen molar-refractivity contribution in [1.82, 2.24) is 0 Å². The van der Waals surface area contributed by atoms with E-state index in [0.717, 1.165) is 11.4 Å². The topological polar surface area (TPSA) is 61.8 Å². The van der Waals surface area contributed by atoms with Crippen molar-refractivity contribution >= 4 is 11.4 Å². The second-order valence-electron chi connectivity index (χ2n) is 3.60. The number of allylic oxidation sites excluding steroid dienone is 2. The number of nitrogen functional groups attached to an aromatic ring is 1. The fraction of sp³-hybridized carbons (Fsp3) is 0.250. The van der Waals surface area contributed by atoms with Gasteiger partial charge in [0.2, 0.25) is 0 Å². The van der Waals surface area contributed by atoms with Crippen LogP contribution < -0.4 is 11.1 Å². The Bertz CT molecular complexity index is 400. The van der Waals surface area contributed by atoms with E-state index < -0.39 is 0 Å². The van der Waals surface area contributed by atoms with E-state index in [1.165, 1.54) is 6.08 Å². The third-order valence-electron chi connectivity index (χ3n) is 2.08. The van der Waals surface area contributed by atoms with Gasteiger partial charge in [-0.25, -0.2) is 0 Å². The highest BCUT2D eigenvalue weighted by atomic mass is 14.9. The number of nitriles is 1. The van der Waals surface area contributed by atoms with Crippen molar-refractivity contribution in [2.24, 2.45) is 5.92 Å². The molecule has 0 atom stereocenters. The Morgan fingerprint density at radius 1 is 1.47 bits per heavy atom. The number of nitrogens with two attached hydrogens (primary N) is 1. The molecule has 3 N–H and O–H groups in total. The molecule has 3 heteroatoms. The summed E-state index contributed by atoms with van der Waals surface area (Å²) in [7, 11) is 0. The van der Waals surface area contributed by atoms with E-state index in [4.69, 9.17) is 11.0 Å². The lowest BCUT2D eigenvalue weighted by molar-refractivity contribution is 0.775. The molecule has 0 saturated carbocycles. The van der Waals surface area contributed by atoms with Crippen molar-refractivity contribution in [2.75, 3.05) is 11.1 Å². The molecule has 1 aromatic rings. The van der Waals surface area contributed by atoms with E-state index in [2.05, 4.69) is 5.32 Å². The number of hydrogen-bond acceptors (Lipinski definition) is 3. The number of para-hydroxylation sites is 2. The van der Waals surface area contributed by atoms with E-state index >= 15 is 0 Å². The van der Waals surface area contributed by atoms with Gasteiger partial charge in [-0.15, -0.1) is 0 Å². The predicted molar refractivity (Wildman–Crippen MR) is 63.0 cm³/mol. The Kier molecular flexibility index (Phi) is 3.75. The van der Waals surface area contributed by atoms with Crippen LogP contribution in [0, 0.1) is 17.2 Å². The predicted octanol–water partition coefficient (Wildman–Crippen LogP) is 2.74. The van der Waals surface area contributed by atoms with Crippen LogP contribution in [-0.2, 0) is 0 Å². The smallest absolute Gasteiger partial charge is 0.0930 e. The molecule has 15 heavy (non-hydrogen) atoms. The van der Waals surface area contributed by atoms with E-state index in [9.17, 15) is 0 Å². The highest BCUT2D eigenvalue weighted by Crippen LogP contribution is 2.21. The van der Waals surface area contributed by atoms with Crippen LogP contribution in [-0.4, -0.2) is 0 Å². The molecule has 0 spiro atoms. The Morgan fingerprint density at radius 2 is 2.13 bits per heavy atom. The average Bonchev–Trinajstić information content (AvgIpc) is 2.20. The molecular formula is C12H15N3. The largest absolute Gasteiger partial charge is 0.397 e. The number of nitrogens with zero attached hydrogens (tertiary/aromatic N) is 1. The number of hydrogen-bond donors (Lipinski definition) is 2. The first-order valence-corrected chi connectivity index (χ1v) is 4.86. The van der Waals surface area contributed by atoms with Gasteiger partial charge in [0.15, 0.2) is 0 Å². The maximum Gasteiger partial charge on any atom is 0.0930 e. The van der Waals surface area contributed by atoms with E-state index in [0.29, 0.717) is 5.69 Å². The van der Waals surface area contributed by atoms with Crippen molar-refractivity contribution in [2.45, 2.75) is 13.8 Å². The molecule has 0 radical (unpaired) electrons. The molecule has 0 saturated heterocycles. The first-order chi connectivity index (χ1) is 7.15. The second-order valence-corrected chi connectivity index (χ2v) is 3.60. The Balaban J connectivity index is 2.90. The van der Waals surface area contributed by atoms with Gasteiger partial charge in [0, 0.05) is 11.8 Å². The molecular weight excluding hydrogens is 186 g/mol. The van der Waals surface area contributed by atoms with E-state index in [-0.39, 0.29) is 5.92 Å². The molecule has 0 aliphatic heterocycles. The minimum Gasteiger partial charge on any atom is -0.397 e. The van der Waals surface area contributed by atoms with Gasteiger partial charge in [-0.3, -0.25) is 0 Å². The molecule has 0 aliphatic carbocycles. The van der Waals surface area contributed by atoms with Gasteiger partial charge in [0.1, 0.15) is 0 Å². The van der Waals surface area contributed by atoms with Gasteiger partial charge < -0.3 is 11.1 Å². The third kappa shape index (κ3) is 3.03. The van der Waals surface area contributed by atoms with Crippen molar-refractivity contribution in [1.29, 1.82) is 5.26 Å². The molecule has 1 rings (SSSR count). The lowest BCUT2D eigenvalue weighted by Crippen LogP contribution is -2.07. The Hall–Kier alpha value is -1.95. The number of rotatable bonds is 3. The van der Waals surface area contributed by atoms with Crippen molar-refractivity contribution in [3.05, 3.63) is 36.0 Å². The summed E-state index contributed by atoms with van der Waals surface area (Å²) in [5.74, 6) is 0.268. The van der Waals surface area contributed by atoms with E-state index in [1.54, 1.807) is 0 Å². The summed E-state index contributed by atoms with van der Waals surface area (Å²) in [6, 6.07) is 9.53. The zero-order valence-electron chi connectivity index (χ0n) is 8.99. The highest BCUT2D eigenvalue weighted by Gasteiger charge is 2.04. The maximum absolute atomic E-state index is 8.64. The van der Waals surface area contributed by atoms with Crippen LogP contribution in [0.15, 0.2) is 36.0 Å². The van der Waals surface area contributed by atoms with Gasteiger partial charge in [-0.2, -0.15) is 5.26 Å².